The molecule has 1 atom stereocenters. The van der Waals surface area contributed by atoms with E-state index in [1.54, 1.807) is 11.3 Å². The SMILES string of the molecule is Cc1ccsc1NCC(C)CCN. The standard InChI is InChI=1S/C10H18N2S/c1-8(3-5-11)7-12-10-9(2)4-6-13-10/h4,6,8,12H,3,5,7,11H2,1-2H3. The zero-order valence-electron chi connectivity index (χ0n) is 8.34. The van der Waals surface area contributed by atoms with Gasteiger partial charge in [-0.1, -0.05) is 6.92 Å². The lowest BCUT2D eigenvalue weighted by Crippen LogP contribution is -2.14. The fourth-order valence-electron chi connectivity index (χ4n) is 1.21. The van der Waals surface area contributed by atoms with Crippen LogP contribution in [0.2, 0.25) is 0 Å². The van der Waals surface area contributed by atoms with E-state index in [2.05, 4.69) is 30.6 Å². The van der Waals surface area contributed by atoms with E-state index in [-0.39, 0.29) is 0 Å². The predicted octanol–water partition coefficient (Wildman–Crippen LogP) is 2.45. The molecule has 0 spiro atoms. The van der Waals surface area contributed by atoms with Crippen LogP contribution in [0.3, 0.4) is 0 Å². The van der Waals surface area contributed by atoms with Crippen LogP contribution in [0.1, 0.15) is 18.9 Å². The molecule has 0 aliphatic heterocycles. The molecule has 1 rings (SSSR count). The number of nitrogens with two attached hydrogens (primary N) is 1. The van der Waals surface area contributed by atoms with Crippen molar-refractivity contribution in [3.63, 3.8) is 0 Å². The third-order valence-corrected chi connectivity index (χ3v) is 3.11. The van der Waals surface area contributed by atoms with Gasteiger partial charge in [-0.2, -0.15) is 0 Å². The maximum Gasteiger partial charge on any atom is 0.0912 e. The van der Waals surface area contributed by atoms with Crippen LogP contribution in [-0.2, 0) is 0 Å². The minimum atomic E-state index is 0.659. The Morgan fingerprint density at radius 2 is 2.38 bits per heavy atom. The zero-order valence-corrected chi connectivity index (χ0v) is 9.16. The summed E-state index contributed by atoms with van der Waals surface area (Å²) in [5, 5.41) is 6.85. The Labute approximate surface area is 84.2 Å². The van der Waals surface area contributed by atoms with E-state index < -0.39 is 0 Å². The Hall–Kier alpha value is -0.540. The van der Waals surface area contributed by atoms with Crippen molar-refractivity contribution in [1.82, 2.24) is 0 Å². The predicted molar refractivity (Wildman–Crippen MR) is 60.4 cm³/mol. The van der Waals surface area contributed by atoms with Gasteiger partial charge in [0, 0.05) is 6.54 Å². The molecule has 0 bridgehead atoms. The number of hydrogen-bond donors (Lipinski definition) is 2. The molecule has 3 heteroatoms. The molecule has 0 radical (unpaired) electrons. The van der Waals surface area contributed by atoms with Crippen molar-refractivity contribution in [1.29, 1.82) is 0 Å². The second kappa shape index (κ2) is 5.25. The average molecular weight is 198 g/mol. The van der Waals surface area contributed by atoms with Gasteiger partial charge in [0.25, 0.3) is 0 Å². The lowest BCUT2D eigenvalue weighted by Gasteiger charge is -2.11. The molecule has 0 aliphatic rings. The van der Waals surface area contributed by atoms with Crippen LogP contribution in [-0.4, -0.2) is 13.1 Å². The van der Waals surface area contributed by atoms with Crippen molar-refractivity contribution in [2.75, 3.05) is 18.4 Å². The van der Waals surface area contributed by atoms with E-state index in [4.69, 9.17) is 5.73 Å². The average Bonchev–Trinajstić information content (AvgIpc) is 2.48. The maximum atomic E-state index is 5.48. The van der Waals surface area contributed by atoms with Gasteiger partial charge in [0.2, 0.25) is 0 Å². The van der Waals surface area contributed by atoms with Crippen molar-refractivity contribution < 1.29 is 0 Å². The molecule has 0 aliphatic carbocycles. The van der Waals surface area contributed by atoms with Crippen molar-refractivity contribution in [2.45, 2.75) is 20.3 Å². The third kappa shape index (κ3) is 3.36. The smallest absolute Gasteiger partial charge is 0.0912 e. The third-order valence-electron chi connectivity index (χ3n) is 2.13. The second-order valence-electron chi connectivity index (χ2n) is 3.50. The Balaban J connectivity index is 2.30. The number of hydrogen-bond acceptors (Lipinski definition) is 3. The molecular weight excluding hydrogens is 180 g/mol. The largest absolute Gasteiger partial charge is 0.376 e. The fraction of sp³-hybridized carbons (Fsp3) is 0.600. The van der Waals surface area contributed by atoms with Gasteiger partial charge in [-0.3, -0.25) is 0 Å². The quantitative estimate of drug-likeness (QED) is 0.762. The summed E-state index contributed by atoms with van der Waals surface area (Å²) in [5.41, 5.74) is 6.82. The highest BCUT2D eigenvalue weighted by atomic mass is 32.1. The summed E-state index contributed by atoms with van der Waals surface area (Å²) < 4.78 is 0. The van der Waals surface area contributed by atoms with E-state index in [0.717, 1.165) is 19.5 Å². The van der Waals surface area contributed by atoms with E-state index in [1.165, 1.54) is 10.6 Å². The summed E-state index contributed by atoms with van der Waals surface area (Å²) in [6.07, 6.45) is 1.09. The molecule has 0 fully saturated rings. The Morgan fingerprint density at radius 3 is 2.92 bits per heavy atom. The van der Waals surface area contributed by atoms with Crippen LogP contribution in [0.15, 0.2) is 11.4 Å². The van der Waals surface area contributed by atoms with Crippen molar-refractivity contribution in [2.24, 2.45) is 11.7 Å². The van der Waals surface area contributed by atoms with Crippen molar-refractivity contribution in [3.8, 4) is 0 Å². The topological polar surface area (TPSA) is 38.0 Å². The number of nitrogens with one attached hydrogen (secondary N) is 1. The number of rotatable bonds is 5. The first-order chi connectivity index (χ1) is 6.24. The van der Waals surface area contributed by atoms with Crippen LogP contribution in [0.25, 0.3) is 0 Å². The molecule has 1 aromatic rings. The normalized spacial score (nSPS) is 12.8. The minimum Gasteiger partial charge on any atom is -0.376 e. The van der Waals surface area contributed by atoms with Gasteiger partial charge in [-0.05, 0) is 42.8 Å². The van der Waals surface area contributed by atoms with Crippen LogP contribution in [0.4, 0.5) is 5.00 Å². The minimum absolute atomic E-state index is 0.659. The fourth-order valence-corrected chi connectivity index (χ4v) is 2.04. The monoisotopic (exact) mass is 198 g/mol. The summed E-state index contributed by atoms with van der Waals surface area (Å²) in [5.74, 6) is 0.659. The summed E-state index contributed by atoms with van der Waals surface area (Å²) in [4.78, 5) is 0. The number of anilines is 1. The highest BCUT2D eigenvalue weighted by molar-refractivity contribution is 7.14. The Bertz CT molecular complexity index is 245. The van der Waals surface area contributed by atoms with Crippen LogP contribution in [0, 0.1) is 12.8 Å². The molecule has 0 saturated heterocycles. The molecule has 0 amide bonds. The first kappa shape index (κ1) is 10.5. The van der Waals surface area contributed by atoms with E-state index in [1.807, 2.05) is 0 Å². The number of aryl methyl sites for hydroxylation is 1. The molecular formula is C10H18N2S. The molecule has 1 aromatic heterocycles. The molecule has 1 heterocycles. The summed E-state index contributed by atoms with van der Waals surface area (Å²) in [6.45, 7) is 6.17. The van der Waals surface area contributed by atoms with Gasteiger partial charge in [0.1, 0.15) is 0 Å². The summed E-state index contributed by atoms with van der Waals surface area (Å²) in [7, 11) is 0. The molecule has 74 valence electrons. The highest BCUT2D eigenvalue weighted by Crippen LogP contribution is 2.22. The van der Waals surface area contributed by atoms with E-state index in [0.29, 0.717) is 5.92 Å². The first-order valence-electron chi connectivity index (χ1n) is 4.72. The van der Waals surface area contributed by atoms with Crippen LogP contribution in [0.5, 0.6) is 0 Å². The lowest BCUT2D eigenvalue weighted by molar-refractivity contribution is 0.569. The molecule has 2 nitrogen and oxygen atoms in total. The summed E-state index contributed by atoms with van der Waals surface area (Å²) in [6, 6.07) is 2.14. The number of thiophene rings is 1. The van der Waals surface area contributed by atoms with Gasteiger partial charge >= 0.3 is 0 Å². The van der Waals surface area contributed by atoms with Gasteiger partial charge in [-0.25, -0.2) is 0 Å². The lowest BCUT2D eigenvalue weighted by atomic mass is 10.1. The van der Waals surface area contributed by atoms with E-state index >= 15 is 0 Å². The van der Waals surface area contributed by atoms with Gasteiger partial charge in [0.15, 0.2) is 0 Å². The molecule has 1 unspecified atom stereocenters. The molecule has 0 aromatic carbocycles. The zero-order chi connectivity index (χ0) is 9.68. The first-order valence-corrected chi connectivity index (χ1v) is 5.60. The molecule has 0 saturated carbocycles. The highest BCUT2D eigenvalue weighted by Gasteiger charge is 2.02. The molecule has 13 heavy (non-hydrogen) atoms. The van der Waals surface area contributed by atoms with Gasteiger partial charge in [-0.15, -0.1) is 11.3 Å². The summed E-state index contributed by atoms with van der Waals surface area (Å²) >= 11 is 1.77. The molecule has 3 N–H and O–H groups in total. The Morgan fingerprint density at radius 1 is 1.62 bits per heavy atom. The van der Waals surface area contributed by atoms with Crippen LogP contribution >= 0.6 is 11.3 Å². The van der Waals surface area contributed by atoms with Gasteiger partial charge < -0.3 is 11.1 Å². The van der Waals surface area contributed by atoms with Crippen molar-refractivity contribution >= 4 is 16.3 Å². The van der Waals surface area contributed by atoms with Crippen LogP contribution < -0.4 is 11.1 Å². The maximum absolute atomic E-state index is 5.48. The van der Waals surface area contributed by atoms with E-state index in [9.17, 15) is 0 Å². The van der Waals surface area contributed by atoms with Gasteiger partial charge in [0.05, 0.1) is 5.00 Å². The second-order valence-corrected chi connectivity index (χ2v) is 4.41. The van der Waals surface area contributed by atoms with Crippen molar-refractivity contribution in [3.05, 3.63) is 17.0 Å². The Kier molecular flexibility index (Phi) is 4.25.